The molecule has 21 heavy (non-hydrogen) atoms. The SMILES string of the molecule is CN(C)C(=S)SN[C@@H](Cc1c[nH]c2ccccc12)C(=O)O. The van der Waals surface area contributed by atoms with Crippen molar-refractivity contribution in [2.24, 2.45) is 0 Å². The smallest absolute Gasteiger partial charge is 0.321 e. The summed E-state index contributed by atoms with van der Waals surface area (Å²) in [5, 5.41) is 10.4. The van der Waals surface area contributed by atoms with Gasteiger partial charge in [0.1, 0.15) is 6.04 Å². The van der Waals surface area contributed by atoms with Gasteiger partial charge in [0.05, 0.1) is 0 Å². The van der Waals surface area contributed by atoms with Gasteiger partial charge in [-0.25, -0.2) is 4.72 Å². The molecule has 0 bridgehead atoms. The second-order valence-corrected chi connectivity index (χ2v) is 6.31. The van der Waals surface area contributed by atoms with Crippen LogP contribution >= 0.6 is 24.2 Å². The minimum absolute atomic E-state index is 0.391. The van der Waals surface area contributed by atoms with E-state index >= 15 is 0 Å². The summed E-state index contributed by atoms with van der Waals surface area (Å²) in [6.07, 6.45) is 2.25. The van der Waals surface area contributed by atoms with Crippen LogP contribution in [0.5, 0.6) is 0 Å². The number of benzene rings is 1. The Morgan fingerprint density at radius 2 is 2.19 bits per heavy atom. The van der Waals surface area contributed by atoms with Crippen LogP contribution in [0.1, 0.15) is 5.56 Å². The molecule has 7 heteroatoms. The van der Waals surface area contributed by atoms with Gasteiger partial charge in [-0.15, -0.1) is 0 Å². The molecule has 0 aliphatic carbocycles. The zero-order valence-electron chi connectivity index (χ0n) is 11.8. The Morgan fingerprint density at radius 1 is 1.48 bits per heavy atom. The molecular weight excluding hydrogens is 306 g/mol. The highest BCUT2D eigenvalue weighted by Crippen LogP contribution is 2.19. The highest BCUT2D eigenvalue weighted by molar-refractivity contribution is 8.21. The Kier molecular flexibility index (Phi) is 5.22. The summed E-state index contributed by atoms with van der Waals surface area (Å²) < 4.78 is 3.52. The average Bonchev–Trinajstić information content (AvgIpc) is 2.85. The van der Waals surface area contributed by atoms with Gasteiger partial charge < -0.3 is 15.0 Å². The van der Waals surface area contributed by atoms with E-state index in [2.05, 4.69) is 9.71 Å². The van der Waals surface area contributed by atoms with E-state index in [0.29, 0.717) is 10.7 Å². The second-order valence-electron chi connectivity index (χ2n) is 4.83. The van der Waals surface area contributed by atoms with Gasteiger partial charge in [0.2, 0.25) is 0 Å². The maximum Gasteiger partial charge on any atom is 0.321 e. The predicted octanol–water partition coefficient (Wildman–Crippen LogP) is 2.25. The summed E-state index contributed by atoms with van der Waals surface area (Å²) in [4.78, 5) is 16.3. The Hall–Kier alpha value is -1.57. The molecule has 0 aliphatic heterocycles. The van der Waals surface area contributed by atoms with E-state index < -0.39 is 12.0 Å². The van der Waals surface area contributed by atoms with Crippen LogP contribution in [0.2, 0.25) is 0 Å². The number of aromatic amines is 1. The van der Waals surface area contributed by atoms with Crippen molar-refractivity contribution in [3.05, 3.63) is 36.0 Å². The number of carbonyl (C=O) groups is 1. The van der Waals surface area contributed by atoms with Crippen molar-refractivity contribution < 1.29 is 9.90 Å². The monoisotopic (exact) mass is 323 g/mol. The van der Waals surface area contributed by atoms with Crippen molar-refractivity contribution in [3.8, 4) is 0 Å². The maximum absolute atomic E-state index is 11.4. The van der Waals surface area contributed by atoms with Crippen LogP contribution in [0.4, 0.5) is 0 Å². The standard InChI is InChI=1S/C14H17N3O2S2/c1-17(2)14(20)21-16-12(13(18)19)7-9-8-15-11-6-4-3-5-10(9)11/h3-6,8,12,15-16H,7H2,1-2H3,(H,18,19)/t12-/m0/s1. The van der Waals surface area contributed by atoms with Crippen LogP contribution in [-0.4, -0.2) is 45.4 Å². The Labute approximate surface area is 132 Å². The molecule has 1 aromatic heterocycles. The molecule has 0 amide bonds. The molecule has 0 spiro atoms. The summed E-state index contributed by atoms with van der Waals surface area (Å²) in [5.74, 6) is -0.894. The van der Waals surface area contributed by atoms with E-state index in [9.17, 15) is 9.90 Å². The summed E-state index contributed by atoms with van der Waals surface area (Å²) in [7, 11) is 3.65. The Balaban J connectivity index is 2.09. The van der Waals surface area contributed by atoms with Crippen molar-refractivity contribution in [2.75, 3.05) is 14.1 Å². The molecule has 1 aromatic carbocycles. The number of thiocarbonyl (C=S) groups is 1. The highest BCUT2D eigenvalue weighted by Gasteiger charge is 2.20. The number of aromatic nitrogens is 1. The van der Waals surface area contributed by atoms with Crippen LogP contribution in [0.15, 0.2) is 30.5 Å². The molecule has 2 aromatic rings. The number of nitrogens with zero attached hydrogens (tertiary/aromatic N) is 1. The number of H-pyrrole nitrogens is 1. The number of hydrogen-bond acceptors (Lipinski definition) is 4. The minimum Gasteiger partial charge on any atom is -0.480 e. The lowest BCUT2D eigenvalue weighted by Crippen LogP contribution is -2.36. The number of hydrogen-bond donors (Lipinski definition) is 3. The maximum atomic E-state index is 11.4. The third-order valence-electron chi connectivity index (χ3n) is 3.05. The van der Waals surface area contributed by atoms with Gasteiger partial charge in [-0.05, 0) is 23.6 Å². The number of para-hydroxylation sites is 1. The number of aliphatic carboxylic acids is 1. The number of fused-ring (bicyclic) bond motifs is 1. The van der Waals surface area contributed by atoms with Gasteiger partial charge in [-0.2, -0.15) is 0 Å². The lowest BCUT2D eigenvalue weighted by molar-refractivity contribution is -0.138. The molecule has 0 saturated heterocycles. The van der Waals surface area contributed by atoms with Gasteiger partial charge in [0, 0.05) is 37.6 Å². The molecule has 0 unspecified atom stereocenters. The molecule has 5 nitrogen and oxygen atoms in total. The van der Waals surface area contributed by atoms with E-state index in [0.717, 1.165) is 28.4 Å². The predicted molar refractivity (Wildman–Crippen MR) is 90.4 cm³/mol. The fourth-order valence-corrected chi connectivity index (χ4v) is 2.67. The van der Waals surface area contributed by atoms with Crippen LogP contribution < -0.4 is 4.72 Å². The van der Waals surface area contributed by atoms with Crippen LogP contribution in [0, 0.1) is 0 Å². The van der Waals surface area contributed by atoms with E-state index in [1.807, 2.05) is 44.6 Å². The van der Waals surface area contributed by atoms with Gasteiger partial charge in [-0.1, -0.05) is 30.4 Å². The molecule has 2 rings (SSSR count). The molecule has 0 saturated carbocycles. The second kappa shape index (κ2) is 6.93. The van der Waals surface area contributed by atoms with E-state index in [-0.39, 0.29) is 0 Å². The summed E-state index contributed by atoms with van der Waals surface area (Å²) in [6, 6.07) is 7.14. The van der Waals surface area contributed by atoms with Crippen LogP contribution in [-0.2, 0) is 11.2 Å². The largest absolute Gasteiger partial charge is 0.480 e. The molecular formula is C14H17N3O2S2. The van der Waals surface area contributed by atoms with E-state index in [1.54, 1.807) is 4.90 Å². The zero-order chi connectivity index (χ0) is 15.4. The van der Waals surface area contributed by atoms with Gasteiger partial charge in [0.25, 0.3) is 0 Å². The third-order valence-corrected chi connectivity index (χ3v) is 4.61. The molecule has 1 atom stereocenters. The first-order valence-electron chi connectivity index (χ1n) is 6.40. The number of carboxylic acids is 1. The van der Waals surface area contributed by atoms with Crippen LogP contribution in [0.25, 0.3) is 10.9 Å². The molecule has 3 N–H and O–H groups in total. The quantitative estimate of drug-likeness (QED) is 0.579. The Morgan fingerprint density at radius 3 is 2.86 bits per heavy atom. The Bertz CT molecular complexity index is 654. The van der Waals surface area contributed by atoms with Crippen molar-refractivity contribution in [1.29, 1.82) is 0 Å². The number of nitrogens with one attached hydrogen (secondary N) is 2. The van der Waals surface area contributed by atoms with Gasteiger partial charge in [0.15, 0.2) is 4.32 Å². The first-order valence-corrected chi connectivity index (χ1v) is 7.63. The fourth-order valence-electron chi connectivity index (χ4n) is 1.91. The molecule has 0 fully saturated rings. The van der Waals surface area contributed by atoms with Crippen molar-refractivity contribution in [2.45, 2.75) is 12.5 Å². The topological polar surface area (TPSA) is 68.4 Å². The summed E-state index contributed by atoms with van der Waals surface area (Å²) >= 11 is 6.30. The van der Waals surface area contributed by atoms with Gasteiger partial charge in [-0.3, -0.25) is 4.79 Å². The number of rotatable bonds is 5. The highest BCUT2D eigenvalue weighted by atomic mass is 32.2. The van der Waals surface area contributed by atoms with Gasteiger partial charge >= 0.3 is 5.97 Å². The van der Waals surface area contributed by atoms with Crippen molar-refractivity contribution in [3.63, 3.8) is 0 Å². The van der Waals surface area contributed by atoms with E-state index in [1.165, 1.54) is 0 Å². The normalized spacial score (nSPS) is 12.3. The first kappa shape index (κ1) is 15.8. The molecule has 0 radical (unpaired) electrons. The van der Waals surface area contributed by atoms with Crippen molar-refractivity contribution in [1.82, 2.24) is 14.6 Å². The third kappa shape index (κ3) is 3.96. The summed E-state index contributed by atoms with van der Waals surface area (Å²) in [5.41, 5.74) is 1.98. The van der Waals surface area contributed by atoms with Crippen LogP contribution in [0.3, 0.4) is 0 Å². The summed E-state index contributed by atoms with van der Waals surface area (Å²) in [6.45, 7) is 0. The molecule has 0 aliphatic rings. The number of carboxylic acid groups (broad SMARTS) is 1. The average molecular weight is 323 g/mol. The zero-order valence-corrected chi connectivity index (χ0v) is 13.4. The lowest BCUT2D eigenvalue weighted by atomic mass is 10.1. The van der Waals surface area contributed by atoms with Crippen molar-refractivity contribution >= 4 is 45.4 Å². The van der Waals surface area contributed by atoms with E-state index in [4.69, 9.17) is 12.2 Å². The first-order chi connectivity index (χ1) is 9.99. The minimum atomic E-state index is -0.894. The fraction of sp³-hybridized carbons (Fsp3) is 0.286. The lowest BCUT2D eigenvalue weighted by Gasteiger charge is -2.17. The molecule has 1 heterocycles. The molecule has 112 valence electrons.